The lowest BCUT2D eigenvalue weighted by molar-refractivity contribution is 0.143. The van der Waals surface area contributed by atoms with Crippen molar-refractivity contribution in [1.29, 1.82) is 0 Å². The van der Waals surface area contributed by atoms with Crippen LogP contribution in [0.3, 0.4) is 0 Å². The van der Waals surface area contributed by atoms with Gasteiger partial charge in [-0.05, 0) is 192 Å². The zero-order valence-electron chi connectivity index (χ0n) is 42.7. The molecule has 0 saturated heterocycles. The summed E-state index contributed by atoms with van der Waals surface area (Å²) in [6.07, 6.45) is 9.82. The normalized spacial score (nSPS) is 26.5. The SMILES string of the molecule is CCC1CCC2(C)N(c3ccccc3)c3ccc(-c4ccc5c(c4)-c4cc(-c6ccc7c(c6)C6(C)CC(CC)CCC6(C)N7c6ccccc6)ccc4C5(c4ccccc4)c4ccccc4)cc3C2(C)C1. The van der Waals surface area contributed by atoms with E-state index in [-0.39, 0.29) is 21.9 Å². The molecule has 0 amide bonds. The lowest BCUT2D eigenvalue weighted by Crippen LogP contribution is -2.56. The van der Waals surface area contributed by atoms with Crippen LogP contribution in [0.1, 0.15) is 126 Å². The van der Waals surface area contributed by atoms with E-state index in [0.717, 1.165) is 11.8 Å². The summed E-state index contributed by atoms with van der Waals surface area (Å²) < 4.78 is 0. The van der Waals surface area contributed by atoms with Crippen LogP contribution in [0.2, 0.25) is 0 Å². The zero-order chi connectivity index (χ0) is 48.3. The third kappa shape index (κ3) is 6.12. The third-order valence-electron chi connectivity index (χ3n) is 19.9. The number of hydrogen-bond acceptors (Lipinski definition) is 2. The Morgan fingerprint density at radius 3 is 1.13 bits per heavy atom. The lowest BCUT2D eigenvalue weighted by atomic mass is 9.58. The summed E-state index contributed by atoms with van der Waals surface area (Å²) in [4.78, 5) is 5.42. The topological polar surface area (TPSA) is 6.48 Å². The number of fused-ring (bicyclic) bond motifs is 9. The van der Waals surface area contributed by atoms with Crippen molar-refractivity contribution in [2.75, 3.05) is 9.80 Å². The molecule has 6 atom stereocenters. The summed E-state index contributed by atoms with van der Waals surface area (Å²) >= 11 is 0. The Kier molecular flexibility index (Phi) is 10.1. The average molecular weight is 925 g/mol. The van der Waals surface area contributed by atoms with Crippen molar-refractivity contribution in [3.8, 4) is 33.4 Å². The molecule has 0 bridgehead atoms. The largest absolute Gasteiger partial charge is 0.334 e. The second-order valence-corrected chi connectivity index (χ2v) is 23.1. The molecule has 2 aliphatic heterocycles. The Morgan fingerprint density at radius 2 is 0.746 bits per heavy atom. The molecule has 6 unspecified atom stereocenters. The van der Waals surface area contributed by atoms with E-state index in [1.807, 2.05) is 0 Å². The first-order chi connectivity index (χ1) is 34.6. The molecule has 354 valence electrons. The van der Waals surface area contributed by atoms with Crippen LogP contribution in [0.25, 0.3) is 33.4 Å². The van der Waals surface area contributed by atoms with E-state index in [1.54, 1.807) is 0 Å². The van der Waals surface area contributed by atoms with E-state index >= 15 is 0 Å². The minimum Gasteiger partial charge on any atom is -0.334 e. The smallest absolute Gasteiger partial charge is 0.0713 e. The van der Waals surface area contributed by atoms with Gasteiger partial charge in [0.25, 0.3) is 0 Å². The average Bonchev–Trinajstić information content (AvgIpc) is 3.91. The zero-order valence-corrected chi connectivity index (χ0v) is 42.7. The molecule has 2 saturated carbocycles. The predicted molar refractivity (Wildman–Crippen MR) is 299 cm³/mol. The summed E-state index contributed by atoms with van der Waals surface area (Å²) in [5, 5.41) is 0. The van der Waals surface area contributed by atoms with Gasteiger partial charge in [0.15, 0.2) is 0 Å². The van der Waals surface area contributed by atoms with Crippen LogP contribution in [0, 0.1) is 11.8 Å². The Labute approximate surface area is 423 Å². The quantitative estimate of drug-likeness (QED) is 0.150. The first kappa shape index (κ1) is 44.3. The molecule has 0 aromatic heterocycles. The van der Waals surface area contributed by atoms with E-state index < -0.39 is 5.41 Å². The van der Waals surface area contributed by atoms with Gasteiger partial charge in [0.2, 0.25) is 0 Å². The van der Waals surface area contributed by atoms with Crippen LogP contribution in [-0.2, 0) is 16.2 Å². The van der Waals surface area contributed by atoms with Gasteiger partial charge in [-0.25, -0.2) is 0 Å². The third-order valence-corrected chi connectivity index (χ3v) is 19.9. The molecule has 0 N–H and O–H groups in total. The van der Waals surface area contributed by atoms with Gasteiger partial charge in [-0.1, -0.05) is 174 Å². The molecular weight excluding hydrogens is 857 g/mol. The minimum absolute atomic E-state index is 0.0125. The number of rotatable bonds is 8. The second kappa shape index (κ2) is 16.2. The fourth-order valence-corrected chi connectivity index (χ4v) is 15.6. The fraction of sp³-hybridized carbons (Fsp3) is 0.304. The molecule has 2 heteroatoms. The Morgan fingerprint density at radius 1 is 0.394 bits per heavy atom. The van der Waals surface area contributed by atoms with Crippen LogP contribution in [0.4, 0.5) is 22.7 Å². The molecule has 3 aliphatic carbocycles. The summed E-state index contributed by atoms with van der Waals surface area (Å²) in [6.45, 7) is 15.1. The van der Waals surface area contributed by atoms with Gasteiger partial charge in [0.05, 0.1) is 16.5 Å². The monoisotopic (exact) mass is 925 g/mol. The Bertz CT molecular complexity index is 3100. The first-order valence-electron chi connectivity index (χ1n) is 27.0. The number of nitrogens with zero attached hydrogens (tertiary/aromatic N) is 2. The van der Waals surface area contributed by atoms with Crippen molar-refractivity contribution < 1.29 is 0 Å². The van der Waals surface area contributed by atoms with Crippen molar-refractivity contribution in [3.05, 3.63) is 228 Å². The van der Waals surface area contributed by atoms with Gasteiger partial charge in [-0.2, -0.15) is 0 Å². The predicted octanol–water partition coefficient (Wildman–Crippen LogP) is 18.1. The number of hydrogen-bond donors (Lipinski definition) is 0. The lowest BCUT2D eigenvalue weighted by Gasteiger charge is -2.52. The highest BCUT2D eigenvalue weighted by atomic mass is 15.3. The molecule has 2 nitrogen and oxygen atoms in total. The molecule has 2 heterocycles. The van der Waals surface area contributed by atoms with Crippen molar-refractivity contribution in [1.82, 2.24) is 0 Å². The van der Waals surface area contributed by atoms with E-state index in [9.17, 15) is 0 Å². The fourth-order valence-electron chi connectivity index (χ4n) is 15.6. The molecule has 5 aliphatic rings. The summed E-state index contributed by atoms with van der Waals surface area (Å²) in [5.74, 6) is 1.46. The molecule has 8 aromatic carbocycles. The van der Waals surface area contributed by atoms with Crippen molar-refractivity contribution in [3.63, 3.8) is 0 Å². The molecule has 2 fully saturated rings. The summed E-state index contributed by atoms with van der Waals surface area (Å²) in [7, 11) is 0. The Hall–Kier alpha value is -6.64. The summed E-state index contributed by atoms with van der Waals surface area (Å²) in [5.41, 5.74) is 21.0. The molecule has 71 heavy (non-hydrogen) atoms. The van der Waals surface area contributed by atoms with Gasteiger partial charge in [-0.3, -0.25) is 0 Å². The van der Waals surface area contributed by atoms with Gasteiger partial charge in [-0.15, -0.1) is 0 Å². The van der Waals surface area contributed by atoms with Gasteiger partial charge < -0.3 is 9.80 Å². The maximum Gasteiger partial charge on any atom is 0.0713 e. The number of para-hydroxylation sites is 2. The molecular formula is C69H68N2. The molecule has 8 aromatic rings. The van der Waals surface area contributed by atoms with Crippen LogP contribution < -0.4 is 9.80 Å². The van der Waals surface area contributed by atoms with Gasteiger partial charge in [0, 0.05) is 33.6 Å². The minimum atomic E-state index is -0.481. The number of benzene rings is 8. The van der Waals surface area contributed by atoms with E-state index in [1.165, 1.54) is 141 Å². The highest BCUT2D eigenvalue weighted by Crippen LogP contribution is 2.65. The standard InChI is InChI=1S/C69H68N2/c1-7-47-37-39-67(5)65(3,45-47)61-43-51(31-35-63(61)70(67)55-25-17-11-18-26-55)49-29-33-59-57(41-49)58-42-50(30-34-60(58)69(59,53-21-13-9-14-22-53)54-23-15-10-16-24-54)52-32-36-64-62(44-52)66(4)46-48(8-2)38-40-68(66,6)71(64)56-27-19-12-20-28-56/h9-36,41-44,47-48H,7-8,37-40,45-46H2,1-6H3. The van der Waals surface area contributed by atoms with E-state index in [4.69, 9.17) is 0 Å². The summed E-state index contributed by atoms with van der Waals surface area (Å²) in [6, 6.07) is 74.8. The van der Waals surface area contributed by atoms with E-state index in [2.05, 4.69) is 245 Å². The van der Waals surface area contributed by atoms with Crippen molar-refractivity contribution >= 4 is 22.7 Å². The maximum atomic E-state index is 2.71. The second-order valence-electron chi connectivity index (χ2n) is 23.1. The highest BCUT2D eigenvalue weighted by Gasteiger charge is 2.60. The van der Waals surface area contributed by atoms with Crippen LogP contribution in [0.5, 0.6) is 0 Å². The number of anilines is 4. The molecule has 0 spiro atoms. The highest BCUT2D eigenvalue weighted by molar-refractivity contribution is 5.92. The van der Waals surface area contributed by atoms with Crippen molar-refractivity contribution in [2.24, 2.45) is 11.8 Å². The van der Waals surface area contributed by atoms with E-state index in [0.29, 0.717) is 0 Å². The maximum absolute atomic E-state index is 2.71. The van der Waals surface area contributed by atoms with Crippen LogP contribution >= 0.6 is 0 Å². The van der Waals surface area contributed by atoms with Gasteiger partial charge in [0.1, 0.15) is 0 Å². The van der Waals surface area contributed by atoms with Gasteiger partial charge >= 0.3 is 0 Å². The Balaban J connectivity index is 0.995. The molecule has 13 rings (SSSR count). The van der Waals surface area contributed by atoms with Crippen molar-refractivity contribution in [2.45, 2.75) is 120 Å². The first-order valence-corrected chi connectivity index (χ1v) is 27.0. The molecule has 0 radical (unpaired) electrons. The van der Waals surface area contributed by atoms with Crippen LogP contribution in [0.15, 0.2) is 194 Å². The van der Waals surface area contributed by atoms with Crippen LogP contribution in [-0.4, -0.2) is 11.1 Å².